The van der Waals surface area contributed by atoms with Gasteiger partial charge in [-0.3, -0.25) is 9.69 Å². The third kappa shape index (κ3) is 3.68. The van der Waals surface area contributed by atoms with Crippen molar-refractivity contribution in [2.75, 3.05) is 26.2 Å². The highest BCUT2D eigenvalue weighted by atomic mass is 16.2. The fourth-order valence-corrected chi connectivity index (χ4v) is 3.71. The first-order chi connectivity index (χ1) is 10.7. The Labute approximate surface area is 133 Å². The van der Waals surface area contributed by atoms with E-state index in [0.717, 1.165) is 25.1 Å². The van der Waals surface area contributed by atoms with Gasteiger partial charge >= 0.3 is 0 Å². The van der Waals surface area contributed by atoms with Gasteiger partial charge in [-0.05, 0) is 44.3 Å². The summed E-state index contributed by atoms with van der Waals surface area (Å²) in [5, 5.41) is 0. The summed E-state index contributed by atoms with van der Waals surface area (Å²) >= 11 is 0. The summed E-state index contributed by atoms with van der Waals surface area (Å²) in [6, 6.07) is 10.2. The number of amides is 1. The molecule has 1 aromatic carbocycles. The first-order valence-corrected chi connectivity index (χ1v) is 8.56. The van der Waals surface area contributed by atoms with Crippen LogP contribution in [0, 0.1) is 0 Å². The summed E-state index contributed by atoms with van der Waals surface area (Å²) in [6.07, 6.45) is 5.69. The Bertz CT molecular complexity index is 484. The van der Waals surface area contributed by atoms with E-state index >= 15 is 0 Å². The van der Waals surface area contributed by atoms with E-state index in [1.54, 1.807) is 0 Å². The summed E-state index contributed by atoms with van der Waals surface area (Å²) in [7, 11) is 0. The lowest BCUT2D eigenvalue weighted by Crippen LogP contribution is -2.46. The summed E-state index contributed by atoms with van der Waals surface area (Å²) in [5.41, 5.74) is 7.28. The SMILES string of the molecule is N[C@@H](Cc1ccccc1)C(=O)N1CCC(N2CCCCC2)C1. The predicted octanol–water partition coefficient (Wildman–Crippen LogP) is 1.64. The van der Waals surface area contributed by atoms with Gasteiger partial charge in [-0.15, -0.1) is 0 Å². The number of likely N-dealkylation sites (tertiary alicyclic amines) is 2. The quantitative estimate of drug-likeness (QED) is 0.920. The highest BCUT2D eigenvalue weighted by Crippen LogP contribution is 2.20. The molecule has 2 aliphatic rings. The van der Waals surface area contributed by atoms with Crippen molar-refractivity contribution >= 4 is 5.91 Å². The van der Waals surface area contributed by atoms with Crippen molar-refractivity contribution in [1.29, 1.82) is 0 Å². The number of nitrogens with zero attached hydrogens (tertiary/aromatic N) is 2. The first kappa shape index (κ1) is 15.5. The molecule has 3 rings (SSSR count). The molecule has 0 bridgehead atoms. The lowest BCUT2D eigenvalue weighted by Gasteiger charge is -2.32. The molecule has 0 aromatic heterocycles. The fourth-order valence-electron chi connectivity index (χ4n) is 3.71. The summed E-state index contributed by atoms with van der Waals surface area (Å²) in [5.74, 6) is 0.114. The van der Waals surface area contributed by atoms with E-state index in [0.29, 0.717) is 12.5 Å². The monoisotopic (exact) mass is 301 g/mol. The van der Waals surface area contributed by atoms with Gasteiger partial charge in [0.25, 0.3) is 0 Å². The number of benzene rings is 1. The van der Waals surface area contributed by atoms with E-state index in [2.05, 4.69) is 4.90 Å². The smallest absolute Gasteiger partial charge is 0.239 e. The number of carbonyl (C=O) groups excluding carboxylic acids is 1. The van der Waals surface area contributed by atoms with Crippen LogP contribution in [0.4, 0.5) is 0 Å². The molecule has 0 aliphatic carbocycles. The molecule has 4 heteroatoms. The van der Waals surface area contributed by atoms with Crippen molar-refractivity contribution in [3.8, 4) is 0 Å². The standard InChI is InChI=1S/C18H27N3O/c19-17(13-15-7-3-1-4-8-15)18(22)21-12-9-16(14-21)20-10-5-2-6-11-20/h1,3-4,7-8,16-17H,2,5-6,9-14,19H2/t16?,17-/m0/s1. The maximum Gasteiger partial charge on any atom is 0.239 e. The van der Waals surface area contributed by atoms with E-state index in [9.17, 15) is 4.79 Å². The molecule has 2 aliphatic heterocycles. The molecule has 0 radical (unpaired) electrons. The van der Waals surface area contributed by atoms with Crippen molar-refractivity contribution in [1.82, 2.24) is 9.80 Å². The molecule has 2 heterocycles. The molecule has 120 valence electrons. The molecular weight excluding hydrogens is 274 g/mol. The molecule has 2 saturated heterocycles. The highest BCUT2D eigenvalue weighted by Gasteiger charge is 2.32. The van der Waals surface area contributed by atoms with E-state index in [1.165, 1.54) is 32.4 Å². The zero-order chi connectivity index (χ0) is 15.4. The summed E-state index contributed by atoms with van der Waals surface area (Å²) < 4.78 is 0. The number of piperidine rings is 1. The second-order valence-corrected chi connectivity index (χ2v) is 6.62. The lowest BCUT2D eigenvalue weighted by molar-refractivity contribution is -0.131. The van der Waals surface area contributed by atoms with Gasteiger partial charge in [0.05, 0.1) is 6.04 Å². The number of carbonyl (C=O) groups is 1. The molecular formula is C18H27N3O. The largest absolute Gasteiger partial charge is 0.340 e. The normalized spacial score (nSPS) is 24.4. The van der Waals surface area contributed by atoms with E-state index in [1.807, 2.05) is 35.2 Å². The minimum absolute atomic E-state index is 0.114. The Morgan fingerprint density at radius 2 is 1.86 bits per heavy atom. The molecule has 0 saturated carbocycles. The van der Waals surface area contributed by atoms with Crippen LogP contribution in [0.5, 0.6) is 0 Å². The van der Waals surface area contributed by atoms with Crippen LogP contribution in [0.2, 0.25) is 0 Å². The topological polar surface area (TPSA) is 49.6 Å². The van der Waals surface area contributed by atoms with Crippen LogP contribution in [0.1, 0.15) is 31.2 Å². The first-order valence-electron chi connectivity index (χ1n) is 8.56. The Kier molecular flexibility index (Phi) is 5.11. The molecule has 1 amide bonds. The Morgan fingerprint density at radius 1 is 1.14 bits per heavy atom. The van der Waals surface area contributed by atoms with Crippen LogP contribution in [0.15, 0.2) is 30.3 Å². The highest BCUT2D eigenvalue weighted by molar-refractivity contribution is 5.82. The second kappa shape index (κ2) is 7.25. The van der Waals surface area contributed by atoms with Crippen LogP contribution in [0.3, 0.4) is 0 Å². The van der Waals surface area contributed by atoms with Crippen LogP contribution >= 0.6 is 0 Å². The third-order valence-electron chi connectivity index (χ3n) is 5.00. The average molecular weight is 301 g/mol. The zero-order valence-corrected chi connectivity index (χ0v) is 13.3. The molecule has 2 atom stereocenters. The van der Waals surface area contributed by atoms with Gasteiger partial charge in [-0.25, -0.2) is 0 Å². The molecule has 1 aromatic rings. The lowest BCUT2D eigenvalue weighted by atomic mass is 10.1. The molecule has 22 heavy (non-hydrogen) atoms. The zero-order valence-electron chi connectivity index (χ0n) is 13.3. The van der Waals surface area contributed by atoms with Gasteiger partial charge in [0.15, 0.2) is 0 Å². The fraction of sp³-hybridized carbons (Fsp3) is 0.611. The maximum atomic E-state index is 12.6. The molecule has 4 nitrogen and oxygen atoms in total. The minimum atomic E-state index is -0.414. The maximum absolute atomic E-state index is 12.6. The van der Waals surface area contributed by atoms with Gasteiger partial charge in [-0.2, -0.15) is 0 Å². The Morgan fingerprint density at radius 3 is 2.59 bits per heavy atom. The van der Waals surface area contributed by atoms with Crippen LogP contribution < -0.4 is 5.73 Å². The van der Waals surface area contributed by atoms with Crippen LogP contribution in [0.25, 0.3) is 0 Å². The predicted molar refractivity (Wildman–Crippen MR) is 88.5 cm³/mol. The number of hydrogen-bond donors (Lipinski definition) is 1. The summed E-state index contributed by atoms with van der Waals surface area (Å²) in [6.45, 7) is 4.12. The minimum Gasteiger partial charge on any atom is -0.340 e. The Balaban J connectivity index is 1.52. The number of hydrogen-bond acceptors (Lipinski definition) is 3. The van der Waals surface area contributed by atoms with Gasteiger partial charge in [0, 0.05) is 19.1 Å². The van der Waals surface area contributed by atoms with E-state index in [-0.39, 0.29) is 5.91 Å². The molecule has 0 spiro atoms. The van der Waals surface area contributed by atoms with E-state index in [4.69, 9.17) is 5.73 Å². The van der Waals surface area contributed by atoms with Crippen LogP contribution in [-0.4, -0.2) is 54.0 Å². The van der Waals surface area contributed by atoms with Crippen molar-refractivity contribution < 1.29 is 4.79 Å². The third-order valence-corrected chi connectivity index (χ3v) is 5.00. The van der Waals surface area contributed by atoms with Gasteiger partial charge in [0.1, 0.15) is 0 Å². The molecule has 1 unspecified atom stereocenters. The van der Waals surface area contributed by atoms with Crippen molar-refractivity contribution in [2.24, 2.45) is 5.73 Å². The van der Waals surface area contributed by atoms with E-state index < -0.39 is 6.04 Å². The van der Waals surface area contributed by atoms with Crippen molar-refractivity contribution in [3.05, 3.63) is 35.9 Å². The number of nitrogens with two attached hydrogens (primary N) is 1. The van der Waals surface area contributed by atoms with Crippen molar-refractivity contribution in [2.45, 2.75) is 44.2 Å². The average Bonchev–Trinajstić information content (AvgIpc) is 3.06. The second-order valence-electron chi connectivity index (χ2n) is 6.62. The molecule has 2 N–H and O–H groups in total. The summed E-state index contributed by atoms with van der Waals surface area (Å²) in [4.78, 5) is 17.1. The number of rotatable bonds is 4. The van der Waals surface area contributed by atoms with Gasteiger partial charge in [0.2, 0.25) is 5.91 Å². The Hall–Kier alpha value is -1.39. The molecule has 2 fully saturated rings. The van der Waals surface area contributed by atoms with Crippen molar-refractivity contribution in [3.63, 3.8) is 0 Å². The van der Waals surface area contributed by atoms with Gasteiger partial charge < -0.3 is 10.6 Å². The van der Waals surface area contributed by atoms with Crippen LogP contribution in [-0.2, 0) is 11.2 Å². The van der Waals surface area contributed by atoms with Gasteiger partial charge in [-0.1, -0.05) is 36.8 Å².